The van der Waals surface area contributed by atoms with Crippen LogP contribution in [0, 0.1) is 6.92 Å². The van der Waals surface area contributed by atoms with Crippen molar-refractivity contribution in [3.05, 3.63) is 58.6 Å². The van der Waals surface area contributed by atoms with Gasteiger partial charge in [-0.15, -0.1) is 0 Å². The first-order valence-corrected chi connectivity index (χ1v) is 8.86. The van der Waals surface area contributed by atoms with Crippen LogP contribution >= 0.6 is 11.6 Å². The number of halogens is 1. The Hall–Kier alpha value is -2.53. The minimum atomic E-state index is -0.683. The van der Waals surface area contributed by atoms with Gasteiger partial charge in [-0.05, 0) is 73.9 Å². The Bertz CT molecular complexity index is 760. The molecule has 1 atom stereocenters. The number of aryl methyl sites for hydroxylation is 1. The van der Waals surface area contributed by atoms with Gasteiger partial charge in [0.15, 0.2) is 6.10 Å². The highest BCUT2D eigenvalue weighted by Gasteiger charge is 2.15. The van der Waals surface area contributed by atoms with E-state index in [1.165, 1.54) is 0 Å². The van der Waals surface area contributed by atoms with Crippen molar-refractivity contribution in [3.63, 3.8) is 0 Å². The van der Waals surface area contributed by atoms with Crippen LogP contribution < -0.4 is 14.9 Å². The van der Waals surface area contributed by atoms with Gasteiger partial charge in [0.25, 0.3) is 5.91 Å². The molecule has 0 heterocycles. The number of nitrogens with zero attached hydrogens (tertiary/aromatic N) is 1. The normalized spacial score (nSPS) is 12.0. The van der Waals surface area contributed by atoms with Gasteiger partial charge < -0.3 is 9.47 Å². The van der Waals surface area contributed by atoms with Gasteiger partial charge in [-0.2, -0.15) is 5.10 Å². The second kappa shape index (κ2) is 9.82. The summed E-state index contributed by atoms with van der Waals surface area (Å²) in [6.45, 7) is 6.29. The minimum absolute atomic E-state index is 0.335. The summed E-state index contributed by atoms with van der Waals surface area (Å²) in [5, 5.41) is 4.59. The lowest BCUT2D eigenvalue weighted by molar-refractivity contribution is -0.127. The molecule has 1 amide bonds. The Labute approximate surface area is 159 Å². The molecule has 0 aliphatic heterocycles. The van der Waals surface area contributed by atoms with E-state index in [0.29, 0.717) is 17.4 Å². The lowest BCUT2D eigenvalue weighted by atomic mass is 10.2. The number of amides is 1. The van der Waals surface area contributed by atoms with E-state index in [4.69, 9.17) is 21.1 Å². The van der Waals surface area contributed by atoms with Gasteiger partial charge in [0.1, 0.15) is 11.5 Å². The van der Waals surface area contributed by atoms with Crippen molar-refractivity contribution < 1.29 is 14.3 Å². The SMILES string of the molecule is CCCOc1ccc(/C=N/NC(=O)C(C)Oc2ccc(Cl)cc2C)cc1. The first-order valence-electron chi connectivity index (χ1n) is 8.48. The van der Waals surface area contributed by atoms with Crippen LogP contribution in [-0.4, -0.2) is 24.8 Å². The Morgan fingerprint density at radius 3 is 2.65 bits per heavy atom. The Morgan fingerprint density at radius 1 is 1.27 bits per heavy atom. The van der Waals surface area contributed by atoms with Crippen LogP contribution in [0.25, 0.3) is 0 Å². The highest BCUT2D eigenvalue weighted by Crippen LogP contribution is 2.22. The summed E-state index contributed by atoms with van der Waals surface area (Å²) < 4.78 is 11.2. The van der Waals surface area contributed by atoms with Crippen molar-refractivity contribution in [1.29, 1.82) is 0 Å². The Balaban J connectivity index is 1.85. The molecule has 0 fully saturated rings. The van der Waals surface area contributed by atoms with Crippen molar-refractivity contribution in [1.82, 2.24) is 5.43 Å². The first kappa shape index (κ1) is 19.8. The van der Waals surface area contributed by atoms with Crippen LogP contribution in [-0.2, 0) is 4.79 Å². The molecule has 0 radical (unpaired) electrons. The summed E-state index contributed by atoms with van der Waals surface area (Å²) in [5.41, 5.74) is 4.20. The van der Waals surface area contributed by atoms with E-state index >= 15 is 0 Å². The monoisotopic (exact) mass is 374 g/mol. The van der Waals surface area contributed by atoms with Crippen molar-refractivity contribution in [2.75, 3.05) is 6.61 Å². The van der Waals surface area contributed by atoms with E-state index in [1.807, 2.05) is 31.2 Å². The van der Waals surface area contributed by atoms with E-state index in [0.717, 1.165) is 23.3 Å². The minimum Gasteiger partial charge on any atom is -0.494 e. The molecule has 1 unspecified atom stereocenters. The average Bonchev–Trinajstić information content (AvgIpc) is 2.63. The molecule has 2 aromatic carbocycles. The van der Waals surface area contributed by atoms with Crippen molar-refractivity contribution in [2.45, 2.75) is 33.3 Å². The first-order chi connectivity index (χ1) is 12.5. The van der Waals surface area contributed by atoms with E-state index in [9.17, 15) is 4.79 Å². The summed E-state index contributed by atoms with van der Waals surface area (Å²) in [5.74, 6) is 1.09. The number of carbonyl (C=O) groups excluding carboxylic acids is 1. The van der Waals surface area contributed by atoms with Gasteiger partial charge >= 0.3 is 0 Å². The van der Waals surface area contributed by atoms with E-state index in [-0.39, 0.29) is 5.91 Å². The van der Waals surface area contributed by atoms with Crippen molar-refractivity contribution in [3.8, 4) is 11.5 Å². The lowest BCUT2D eigenvalue weighted by Crippen LogP contribution is -2.33. The number of rotatable bonds is 8. The fourth-order valence-corrected chi connectivity index (χ4v) is 2.35. The van der Waals surface area contributed by atoms with Crippen molar-refractivity contribution >= 4 is 23.7 Å². The number of nitrogens with one attached hydrogen (secondary N) is 1. The molecule has 2 aromatic rings. The van der Waals surface area contributed by atoms with Gasteiger partial charge in [0.2, 0.25) is 0 Å². The second-order valence-corrected chi connectivity index (χ2v) is 6.26. The molecule has 5 nitrogen and oxygen atoms in total. The summed E-state index contributed by atoms with van der Waals surface area (Å²) in [6.07, 6.45) is 1.85. The highest BCUT2D eigenvalue weighted by atomic mass is 35.5. The standard InChI is InChI=1S/C20H23ClN2O3/c1-4-11-25-18-8-5-16(6-9-18)13-22-23-20(24)15(3)26-19-10-7-17(21)12-14(19)2/h5-10,12-13,15H,4,11H2,1-3H3,(H,23,24)/b22-13+. The fourth-order valence-electron chi connectivity index (χ4n) is 2.12. The van der Waals surface area contributed by atoms with Gasteiger partial charge in [-0.25, -0.2) is 5.43 Å². The molecule has 0 spiro atoms. The molecule has 0 aliphatic carbocycles. The molecule has 1 N–H and O–H groups in total. The summed E-state index contributed by atoms with van der Waals surface area (Å²) in [7, 11) is 0. The highest BCUT2D eigenvalue weighted by molar-refractivity contribution is 6.30. The largest absolute Gasteiger partial charge is 0.494 e. The maximum absolute atomic E-state index is 12.1. The van der Waals surface area contributed by atoms with Crippen molar-refractivity contribution in [2.24, 2.45) is 5.10 Å². The van der Waals surface area contributed by atoms with E-state index in [1.54, 1.807) is 31.3 Å². The third-order valence-corrected chi connectivity index (χ3v) is 3.79. The molecule has 0 bridgehead atoms. The fraction of sp³-hybridized carbons (Fsp3) is 0.300. The maximum atomic E-state index is 12.1. The van der Waals surface area contributed by atoms with Gasteiger partial charge in [-0.3, -0.25) is 4.79 Å². The Morgan fingerprint density at radius 2 is 2.00 bits per heavy atom. The summed E-state index contributed by atoms with van der Waals surface area (Å²) in [4.78, 5) is 12.1. The van der Waals surface area contributed by atoms with Crippen LogP contribution in [0.4, 0.5) is 0 Å². The molecular weight excluding hydrogens is 352 g/mol. The third-order valence-electron chi connectivity index (χ3n) is 3.55. The summed E-state index contributed by atoms with van der Waals surface area (Å²) in [6, 6.07) is 12.7. The molecular formula is C20H23ClN2O3. The van der Waals surface area contributed by atoms with E-state index in [2.05, 4.69) is 17.5 Å². The van der Waals surface area contributed by atoms with Crippen LogP contribution in [0.2, 0.25) is 5.02 Å². The number of ether oxygens (including phenoxy) is 2. The molecule has 6 heteroatoms. The Kier molecular flexibility index (Phi) is 7.48. The van der Waals surface area contributed by atoms with E-state index < -0.39 is 6.10 Å². The topological polar surface area (TPSA) is 59.9 Å². The van der Waals surface area contributed by atoms with Crippen LogP contribution in [0.5, 0.6) is 11.5 Å². The number of hydrazone groups is 1. The maximum Gasteiger partial charge on any atom is 0.280 e. The molecule has 2 rings (SSSR count). The second-order valence-electron chi connectivity index (χ2n) is 5.82. The lowest BCUT2D eigenvalue weighted by Gasteiger charge is -2.14. The van der Waals surface area contributed by atoms with Gasteiger partial charge in [0, 0.05) is 5.02 Å². The third kappa shape index (κ3) is 6.08. The zero-order valence-electron chi connectivity index (χ0n) is 15.2. The van der Waals surface area contributed by atoms with Gasteiger partial charge in [-0.1, -0.05) is 18.5 Å². The average molecular weight is 375 g/mol. The number of hydrogen-bond acceptors (Lipinski definition) is 4. The number of benzene rings is 2. The van der Waals surface area contributed by atoms with Crippen LogP contribution in [0.3, 0.4) is 0 Å². The molecule has 0 saturated carbocycles. The molecule has 0 aliphatic rings. The number of hydrogen-bond donors (Lipinski definition) is 1. The predicted molar refractivity (Wildman–Crippen MR) is 104 cm³/mol. The molecule has 138 valence electrons. The molecule has 0 saturated heterocycles. The predicted octanol–water partition coefficient (Wildman–Crippen LogP) is 4.35. The summed E-state index contributed by atoms with van der Waals surface area (Å²) >= 11 is 5.92. The van der Waals surface area contributed by atoms with Crippen LogP contribution in [0.1, 0.15) is 31.4 Å². The zero-order chi connectivity index (χ0) is 18.9. The number of carbonyl (C=O) groups is 1. The quantitative estimate of drug-likeness (QED) is 0.551. The van der Waals surface area contributed by atoms with Crippen LogP contribution in [0.15, 0.2) is 47.6 Å². The smallest absolute Gasteiger partial charge is 0.280 e. The zero-order valence-corrected chi connectivity index (χ0v) is 15.9. The molecule has 26 heavy (non-hydrogen) atoms. The van der Waals surface area contributed by atoms with Gasteiger partial charge in [0.05, 0.1) is 12.8 Å². The molecule has 0 aromatic heterocycles.